The second-order valence-corrected chi connectivity index (χ2v) is 7.44. The Kier molecular flexibility index (Phi) is 5.76. The molecule has 6 nitrogen and oxygen atoms in total. The van der Waals surface area contributed by atoms with Gasteiger partial charge in [0.15, 0.2) is 0 Å². The number of hydrogen-bond acceptors (Lipinski definition) is 5. The van der Waals surface area contributed by atoms with Crippen molar-refractivity contribution in [3.8, 4) is 0 Å². The summed E-state index contributed by atoms with van der Waals surface area (Å²) in [5, 5.41) is 6.16. The SMILES string of the molecule is NC(=O)C1CCN(Cc2cccc(NC(=O)C3CSCN3)c2)CC1. The van der Waals surface area contributed by atoms with Crippen molar-refractivity contribution < 1.29 is 9.59 Å². The normalized spacial score (nSPS) is 22.4. The Morgan fingerprint density at radius 3 is 2.79 bits per heavy atom. The summed E-state index contributed by atoms with van der Waals surface area (Å²) in [6.45, 7) is 2.59. The molecule has 2 aliphatic heterocycles. The quantitative estimate of drug-likeness (QED) is 0.738. The van der Waals surface area contributed by atoms with Crippen LogP contribution in [0.15, 0.2) is 24.3 Å². The van der Waals surface area contributed by atoms with E-state index in [2.05, 4.69) is 21.6 Å². The van der Waals surface area contributed by atoms with Crippen molar-refractivity contribution in [2.45, 2.75) is 25.4 Å². The molecule has 1 aromatic carbocycles. The van der Waals surface area contributed by atoms with E-state index in [9.17, 15) is 9.59 Å². The largest absolute Gasteiger partial charge is 0.369 e. The Bertz CT molecular complexity index is 596. The number of benzene rings is 1. The molecule has 7 heteroatoms. The maximum absolute atomic E-state index is 12.2. The molecule has 0 bridgehead atoms. The van der Waals surface area contributed by atoms with Crippen LogP contribution in [-0.2, 0) is 16.1 Å². The third kappa shape index (κ3) is 4.49. The van der Waals surface area contributed by atoms with Gasteiger partial charge in [-0.2, -0.15) is 0 Å². The molecule has 1 unspecified atom stereocenters. The van der Waals surface area contributed by atoms with Crippen molar-refractivity contribution in [3.05, 3.63) is 29.8 Å². The zero-order valence-electron chi connectivity index (χ0n) is 13.7. The van der Waals surface area contributed by atoms with Crippen LogP contribution in [0.3, 0.4) is 0 Å². The number of carbonyl (C=O) groups excluding carboxylic acids is 2. The fourth-order valence-corrected chi connectivity index (χ4v) is 4.12. The number of anilines is 1. The smallest absolute Gasteiger partial charge is 0.242 e. The molecule has 0 aliphatic carbocycles. The summed E-state index contributed by atoms with van der Waals surface area (Å²) in [6.07, 6.45) is 1.66. The van der Waals surface area contributed by atoms with Gasteiger partial charge in [0.25, 0.3) is 0 Å². The van der Waals surface area contributed by atoms with Gasteiger partial charge >= 0.3 is 0 Å². The molecule has 1 aromatic rings. The van der Waals surface area contributed by atoms with E-state index in [0.29, 0.717) is 0 Å². The van der Waals surface area contributed by atoms with E-state index in [1.807, 2.05) is 18.2 Å². The predicted molar refractivity (Wildman–Crippen MR) is 96.5 cm³/mol. The van der Waals surface area contributed by atoms with Gasteiger partial charge in [-0.3, -0.25) is 19.8 Å². The zero-order chi connectivity index (χ0) is 16.9. The number of likely N-dealkylation sites (tertiary alicyclic amines) is 1. The third-order valence-corrected chi connectivity index (χ3v) is 5.56. The molecule has 0 aromatic heterocycles. The fourth-order valence-electron chi connectivity index (χ4n) is 3.17. The van der Waals surface area contributed by atoms with Crippen LogP contribution >= 0.6 is 11.8 Å². The number of nitrogens with one attached hydrogen (secondary N) is 2. The van der Waals surface area contributed by atoms with E-state index >= 15 is 0 Å². The van der Waals surface area contributed by atoms with E-state index in [1.165, 1.54) is 5.56 Å². The van der Waals surface area contributed by atoms with Crippen LogP contribution in [0.2, 0.25) is 0 Å². The predicted octanol–water partition coefficient (Wildman–Crippen LogP) is 0.985. The van der Waals surface area contributed by atoms with Crippen LogP contribution in [0.4, 0.5) is 5.69 Å². The molecule has 2 amide bonds. The average Bonchev–Trinajstić information content (AvgIpc) is 3.10. The van der Waals surface area contributed by atoms with Crippen LogP contribution in [0.5, 0.6) is 0 Å². The van der Waals surface area contributed by atoms with Gasteiger partial charge in [-0.25, -0.2) is 0 Å². The molecule has 2 heterocycles. The van der Waals surface area contributed by atoms with E-state index in [1.54, 1.807) is 11.8 Å². The Morgan fingerprint density at radius 1 is 1.33 bits per heavy atom. The van der Waals surface area contributed by atoms with Gasteiger partial charge in [0.2, 0.25) is 11.8 Å². The highest BCUT2D eigenvalue weighted by atomic mass is 32.2. The number of nitrogens with zero attached hydrogens (tertiary/aromatic N) is 1. The number of nitrogens with two attached hydrogens (primary N) is 1. The molecule has 130 valence electrons. The molecule has 0 spiro atoms. The number of hydrogen-bond donors (Lipinski definition) is 3. The van der Waals surface area contributed by atoms with Crippen LogP contribution in [0.1, 0.15) is 18.4 Å². The second kappa shape index (κ2) is 8.00. The molecule has 24 heavy (non-hydrogen) atoms. The number of piperidine rings is 1. The van der Waals surface area contributed by atoms with Crippen LogP contribution < -0.4 is 16.4 Å². The Labute approximate surface area is 146 Å². The lowest BCUT2D eigenvalue weighted by molar-refractivity contribution is -0.123. The van der Waals surface area contributed by atoms with Crippen LogP contribution in [0.25, 0.3) is 0 Å². The molecule has 2 fully saturated rings. The van der Waals surface area contributed by atoms with Crippen molar-refractivity contribution in [3.63, 3.8) is 0 Å². The molecule has 3 rings (SSSR count). The summed E-state index contributed by atoms with van der Waals surface area (Å²) < 4.78 is 0. The lowest BCUT2D eigenvalue weighted by atomic mass is 9.96. The number of primary amides is 1. The van der Waals surface area contributed by atoms with Crippen molar-refractivity contribution in [2.24, 2.45) is 11.7 Å². The first-order valence-corrected chi connectivity index (χ1v) is 9.50. The highest BCUT2D eigenvalue weighted by Gasteiger charge is 2.24. The minimum atomic E-state index is -0.182. The lowest BCUT2D eigenvalue weighted by Gasteiger charge is -2.30. The number of amides is 2. The molecular formula is C17H24N4O2S. The van der Waals surface area contributed by atoms with Crippen molar-refractivity contribution >= 4 is 29.3 Å². The maximum Gasteiger partial charge on any atom is 0.242 e. The molecule has 0 saturated carbocycles. The van der Waals surface area contributed by atoms with Gasteiger partial charge in [0, 0.05) is 29.8 Å². The summed E-state index contributed by atoms with van der Waals surface area (Å²) in [7, 11) is 0. The zero-order valence-corrected chi connectivity index (χ0v) is 14.5. The minimum Gasteiger partial charge on any atom is -0.369 e. The molecule has 2 aliphatic rings. The Morgan fingerprint density at radius 2 is 2.12 bits per heavy atom. The molecular weight excluding hydrogens is 324 g/mol. The first-order valence-electron chi connectivity index (χ1n) is 8.34. The van der Waals surface area contributed by atoms with Crippen molar-refractivity contribution in [2.75, 3.05) is 30.0 Å². The number of carbonyl (C=O) groups is 2. The van der Waals surface area contributed by atoms with Crippen LogP contribution in [0, 0.1) is 5.92 Å². The van der Waals surface area contributed by atoms with E-state index in [-0.39, 0.29) is 23.8 Å². The molecule has 2 saturated heterocycles. The van der Waals surface area contributed by atoms with E-state index in [0.717, 1.165) is 49.8 Å². The summed E-state index contributed by atoms with van der Waals surface area (Å²) in [4.78, 5) is 25.7. The van der Waals surface area contributed by atoms with Gasteiger partial charge in [-0.05, 0) is 43.6 Å². The highest BCUT2D eigenvalue weighted by molar-refractivity contribution is 7.99. The monoisotopic (exact) mass is 348 g/mol. The Balaban J connectivity index is 1.53. The van der Waals surface area contributed by atoms with Crippen molar-refractivity contribution in [1.82, 2.24) is 10.2 Å². The standard InChI is InChI=1S/C17H24N4O2S/c18-16(22)13-4-6-21(7-5-13)9-12-2-1-3-14(8-12)20-17(23)15-10-24-11-19-15/h1-3,8,13,15,19H,4-7,9-11H2,(H2,18,22)(H,20,23). The number of rotatable bonds is 5. The topological polar surface area (TPSA) is 87.5 Å². The van der Waals surface area contributed by atoms with Gasteiger partial charge in [-0.15, -0.1) is 11.8 Å². The summed E-state index contributed by atoms with van der Waals surface area (Å²) in [5.74, 6) is 1.51. The lowest BCUT2D eigenvalue weighted by Crippen LogP contribution is -2.38. The van der Waals surface area contributed by atoms with Crippen LogP contribution in [-0.4, -0.2) is 47.5 Å². The molecule has 4 N–H and O–H groups in total. The second-order valence-electron chi connectivity index (χ2n) is 6.41. The van der Waals surface area contributed by atoms with E-state index < -0.39 is 0 Å². The van der Waals surface area contributed by atoms with Gasteiger partial charge < -0.3 is 11.1 Å². The van der Waals surface area contributed by atoms with Gasteiger partial charge in [0.1, 0.15) is 0 Å². The number of thioether (sulfide) groups is 1. The van der Waals surface area contributed by atoms with Crippen molar-refractivity contribution in [1.29, 1.82) is 0 Å². The fraction of sp³-hybridized carbons (Fsp3) is 0.529. The average molecular weight is 348 g/mol. The first-order chi connectivity index (χ1) is 11.6. The first kappa shape index (κ1) is 17.3. The summed E-state index contributed by atoms with van der Waals surface area (Å²) in [6, 6.07) is 7.88. The molecule has 0 radical (unpaired) electrons. The third-order valence-electron chi connectivity index (χ3n) is 4.62. The maximum atomic E-state index is 12.2. The summed E-state index contributed by atoms with van der Waals surface area (Å²) in [5.41, 5.74) is 7.38. The Hall–Kier alpha value is -1.57. The summed E-state index contributed by atoms with van der Waals surface area (Å²) >= 11 is 1.74. The highest BCUT2D eigenvalue weighted by Crippen LogP contribution is 2.20. The van der Waals surface area contributed by atoms with Gasteiger partial charge in [0.05, 0.1) is 6.04 Å². The van der Waals surface area contributed by atoms with Gasteiger partial charge in [-0.1, -0.05) is 12.1 Å². The minimum absolute atomic E-state index is 0.0173. The molecule has 1 atom stereocenters. The van der Waals surface area contributed by atoms with E-state index in [4.69, 9.17) is 5.73 Å².